The van der Waals surface area contributed by atoms with Gasteiger partial charge in [0.15, 0.2) is 11.5 Å². The molecule has 0 unspecified atom stereocenters. The first-order chi connectivity index (χ1) is 21.7. The van der Waals surface area contributed by atoms with Crippen LogP contribution in [0, 0.1) is 0 Å². The highest BCUT2D eigenvalue weighted by Crippen LogP contribution is 2.34. The third-order valence-corrected chi connectivity index (χ3v) is 9.34. The molecule has 0 heterocycles. The lowest BCUT2D eigenvalue weighted by Crippen LogP contribution is -2.53. The van der Waals surface area contributed by atoms with E-state index < -0.39 is 28.5 Å². The van der Waals surface area contributed by atoms with Gasteiger partial charge in [-0.05, 0) is 48.4 Å². The number of carbonyl (C=O) groups excluding carboxylic acids is 2. The summed E-state index contributed by atoms with van der Waals surface area (Å²) in [5, 5.41) is 3.26. The van der Waals surface area contributed by atoms with E-state index in [-0.39, 0.29) is 35.2 Å². The SMILES string of the molecule is CCNC(=O)[C@@H](Cc1ccccc1)N(Cc1ccccc1Cl)C(=O)CN(c1ccc(OC)c(OC)c1)S(=O)(=O)c1ccccc1. The molecule has 0 aromatic heterocycles. The molecule has 45 heavy (non-hydrogen) atoms. The molecule has 0 spiro atoms. The number of benzene rings is 4. The summed E-state index contributed by atoms with van der Waals surface area (Å²) in [7, 11) is -1.35. The van der Waals surface area contributed by atoms with Gasteiger partial charge in [-0.15, -0.1) is 0 Å². The molecule has 0 aliphatic rings. The van der Waals surface area contributed by atoms with Gasteiger partial charge < -0.3 is 19.7 Å². The van der Waals surface area contributed by atoms with Gasteiger partial charge in [-0.3, -0.25) is 13.9 Å². The maximum Gasteiger partial charge on any atom is 0.264 e. The van der Waals surface area contributed by atoms with Crippen LogP contribution in [0.25, 0.3) is 0 Å². The summed E-state index contributed by atoms with van der Waals surface area (Å²) in [5.74, 6) is -0.293. The molecule has 0 radical (unpaired) electrons. The Morgan fingerprint density at radius 2 is 1.47 bits per heavy atom. The molecule has 0 aliphatic carbocycles. The Morgan fingerprint density at radius 1 is 0.844 bits per heavy atom. The number of nitrogens with one attached hydrogen (secondary N) is 1. The topological polar surface area (TPSA) is 105 Å². The van der Waals surface area contributed by atoms with Crippen molar-refractivity contribution in [2.75, 3.05) is 31.6 Å². The maximum absolute atomic E-state index is 14.5. The van der Waals surface area contributed by atoms with Gasteiger partial charge in [-0.2, -0.15) is 0 Å². The van der Waals surface area contributed by atoms with Crippen molar-refractivity contribution in [2.45, 2.75) is 30.8 Å². The summed E-state index contributed by atoms with van der Waals surface area (Å²) >= 11 is 6.52. The fraction of sp³-hybridized carbons (Fsp3) is 0.235. The van der Waals surface area contributed by atoms with Crippen molar-refractivity contribution in [3.63, 3.8) is 0 Å². The number of sulfonamides is 1. The number of hydrogen-bond donors (Lipinski definition) is 1. The van der Waals surface area contributed by atoms with Crippen LogP contribution in [0.5, 0.6) is 11.5 Å². The summed E-state index contributed by atoms with van der Waals surface area (Å²) < 4.78 is 40.1. The molecule has 1 atom stereocenters. The molecule has 236 valence electrons. The second kappa shape index (κ2) is 15.5. The standard InChI is InChI=1S/C34H36ClN3O6S/c1-4-36-34(40)30(21-25-13-7-5-8-14-25)37(23-26-15-11-12-18-29(26)35)33(39)24-38(45(41,42)28-16-9-6-10-17-28)27-19-20-31(43-2)32(22-27)44-3/h5-20,22,30H,4,21,23-24H2,1-3H3,(H,36,40)/t30-/m1/s1. The van der Waals surface area contributed by atoms with Crippen molar-refractivity contribution < 1.29 is 27.5 Å². The molecule has 0 aliphatic heterocycles. The van der Waals surface area contributed by atoms with Crippen molar-refractivity contribution >= 4 is 39.1 Å². The van der Waals surface area contributed by atoms with Crippen LogP contribution in [0.15, 0.2) is 108 Å². The first-order valence-corrected chi connectivity index (χ1v) is 16.2. The molecule has 4 rings (SSSR count). The minimum Gasteiger partial charge on any atom is -0.493 e. The van der Waals surface area contributed by atoms with Crippen molar-refractivity contribution in [2.24, 2.45) is 0 Å². The normalized spacial score (nSPS) is 11.7. The van der Waals surface area contributed by atoms with Crippen molar-refractivity contribution in [1.29, 1.82) is 0 Å². The molecule has 0 bridgehead atoms. The van der Waals surface area contributed by atoms with Crippen LogP contribution in [0.1, 0.15) is 18.1 Å². The summed E-state index contributed by atoms with van der Waals surface area (Å²) in [6, 6.07) is 27.8. The zero-order valence-corrected chi connectivity index (χ0v) is 26.9. The molecule has 11 heteroatoms. The second-order valence-corrected chi connectivity index (χ2v) is 12.3. The van der Waals surface area contributed by atoms with E-state index in [4.69, 9.17) is 21.1 Å². The largest absolute Gasteiger partial charge is 0.493 e. The summed E-state index contributed by atoms with van der Waals surface area (Å²) in [6.45, 7) is 1.50. The van der Waals surface area contributed by atoms with E-state index in [1.807, 2.05) is 30.3 Å². The van der Waals surface area contributed by atoms with Gasteiger partial charge in [0, 0.05) is 30.6 Å². The van der Waals surface area contributed by atoms with Gasteiger partial charge in [0.1, 0.15) is 12.6 Å². The fourth-order valence-electron chi connectivity index (χ4n) is 4.88. The van der Waals surface area contributed by atoms with Crippen LogP contribution < -0.4 is 19.1 Å². The van der Waals surface area contributed by atoms with Gasteiger partial charge in [0.05, 0.1) is 24.8 Å². The number of methoxy groups -OCH3 is 2. The minimum atomic E-state index is -4.26. The predicted octanol–water partition coefficient (Wildman–Crippen LogP) is 5.33. The third kappa shape index (κ3) is 8.14. The highest BCUT2D eigenvalue weighted by molar-refractivity contribution is 7.92. The van der Waals surface area contributed by atoms with E-state index in [1.54, 1.807) is 61.5 Å². The highest BCUT2D eigenvalue weighted by atomic mass is 35.5. The van der Waals surface area contributed by atoms with Gasteiger partial charge in [0.25, 0.3) is 10.0 Å². The molecule has 0 fully saturated rings. The molecule has 0 saturated heterocycles. The van der Waals surface area contributed by atoms with E-state index in [0.717, 1.165) is 9.87 Å². The highest BCUT2D eigenvalue weighted by Gasteiger charge is 2.35. The molecule has 1 N–H and O–H groups in total. The number of rotatable bonds is 14. The Hall–Kier alpha value is -4.54. The molecular weight excluding hydrogens is 614 g/mol. The predicted molar refractivity (Wildman–Crippen MR) is 175 cm³/mol. The summed E-state index contributed by atoms with van der Waals surface area (Å²) in [4.78, 5) is 29.5. The van der Waals surface area contributed by atoms with Crippen LogP contribution in [-0.2, 0) is 32.6 Å². The van der Waals surface area contributed by atoms with Crippen LogP contribution in [0.2, 0.25) is 5.02 Å². The van der Waals surface area contributed by atoms with Crippen LogP contribution in [0.4, 0.5) is 5.69 Å². The maximum atomic E-state index is 14.5. The Labute approximate surface area is 269 Å². The first-order valence-electron chi connectivity index (χ1n) is 14.3. The monoisotopic (exact) mass is 649 g/mol. The van der Waals surface area contributed by atoms with E-state index in [2.05, 4.69) is 5.32 Å². The number of ether oxygens (including phenoxy) is 2. The fourth-order valence-corrected chi connectivity index (χ4v) is 6.51. The van der Waals surface area contributed by atoms with Crippen molar-refractivity contribution in [3.8, 4) is 11.5 Å². The van der Waals surface area contributed by atoms with Gasteiger partial charge in [0.2, 0.25) is 11.8 Å². The smallest absolute Gasteiger partial charge is 0.264 e. The second-order valence-electron chi connectivity index (χ2n) is 10.1. The Kier molecular flexibility index (Phi) is 11.5. The molecule has 4 aromatic carbocycles. The van der Waals surface area contributed by atoms with E-state index >= 15 is 0 Å². The number of likely N-dealkylation sites (N-methyl/N-ethyl adjacent to an activating group) is 1. The van der Waals surface area contributed by atoms with Gasteiger partial charge in [-0.1, -0.05) is 78.3 Å². The zero-order chi connectivity index (χ0) is 32.4. The van der Waals surface area contributed by atoms with E-state index in [9.17, 15) is 18.0 Å². The first kappa shape index (κ1) is 33.4. The average Bonchev–Trinajstić information content (AvgIpc) is 3.06. The van der Waals surface area contributed by atoms with Crippen molar-refractivity contribution in [3.05, 3.63) is 119 Å². The van der Waals surface area contributed by atoms with Crippen molar-refractivity contribution in [1.82, 2.24) is 10.2 Å². The molecular formula is C34H36ClN3O6S. The van der Waals surface area contributed by atoms with E-state index in [1.165, 1.54) is 37.3 Å². The lowest BCUT2D eigenvalue weighted by molar-refractivity contribution is -0.140. The molecule has 9 nitrogen and oxygen atoms in total. The van der Waals surface area contributed by atoms with E-state index in [0.29, 0.717) is 22.9 Å². The molecule has 4 aromatic rings. The van der Waals surface area contributed by atoms with Crippen LogP contribution in [-0.4, -0.2) is 58.5 Å². The lowest BCUT2D eigenvalue weighted by atomic mass is 10.0. The lowest BCUT2D eigenvalue weighted by Gasteiger charge is -2.34. The number of halogens is 1. The Bertz CT molecular complexity index is 1700. The Morgan fingerprint density at radius 3 is 2.09 bits per heavy atom. The number of nitrogens with zero attached hydrogens (tertiary/aromatic N) is 2. The quantitative estimate of drug-likeness (QED) is 0.198. The van der Waals surface area contributed by atoms with Gasteiger partial charge in [-0.25, -0.2) is 8.42 Å². The number of anilines is 1. The zero-order valence-electron chi connectivity index (χ0n) is 25.4. The number of hydrogen-bond acceptors (Lipinski definition) is 6. The Balaban J connectivity index is 1.83. The molecule has 0 saturated carbocycles. The van der Waals surface area contributed by atoms with Gasteiger partial charge >= 0.3 is 0 Å². The number of carbonyl (C=O) groups is 2. The molecule has 2 amide bonds. The third-order valence-electron chi connectivity index (χ3n) is 7.19. The average molecular weight is 650 g/mol. The number of amides is 2. The summed E-state index contributed by atoms with van der Waals surface area (Å²) in [5.41, 5.74) is 1.62. The minimum absolute atomic E-state index is 0.00481. The van der Waals surface area contributed by atoms with Crippen LogP contribution in [0.3, 0.4) is 0 Å². The summed E-state index contributed by atoms with van der Waals surface area (Å²) in [6.07, 6.45) is 0.199. The van der Waals surface area contributed by atoms with Crippen LogP contribution >= 0.6 is 11.6 Å².